The molecule has 1 saturated heterocycles. The molecule has 9 heteroatoms. The van der Waals surface area contributed by atoms with Crippen LogP contribution in [0, 0.1) is 0 Å². The number of carbonyl (C=O) groups excluding carboxylic acids is 2. The number of anilines is 1. The Morgan fingerprint density at radius 2 is 1.73 bits per heavy atom. The molecule has 3 aromatic rings. The molecule has 0 spiro atoms. The van der Waals surface area contributed by atoms with Gasteiger partial charge in [0, 0.05) is 51.3 Å². The van der Waals surface area contributed by atoms with E-state index in [1.54, 1.807) is 5.01 Å². The number of nitrogens with zero attached hydrogens (tertiary/aromatic N) is 6. The topological polar surface area (TPSA) is 77.0 Å². The number of amides is 2. The molecule has 2 amide bonds. The molecule has 1 N–H and O–H groups in total. The third-order valence-corrected chi connectivity index (χ3v) is 7.56. The van der Waals surface area contributed by atoms with E-state index in [2.05, 4.69) is 27.4 Å². The van der Waals surface area contributed by atoms with Crippen LogP contribution in [0.2, 0.25) is 0 Å². The van der Waals surface area contributed by atoms with Crippen LogP contribution in [0.4, 0.5) is 5.69 Å². The zero-order valence-electron chi connectivity index (χ0n) is 21.9. The Balaban J connectivity index is 1.25. The summed E-state index contributed by atoms with van der Waals surface area (Å²) in [5.74, 6) is -0.132. The fourth-order valence-electron chi connectivity index (χ4n) is 5.30. The van der Waals surface area contributed by atoms with Crippen molar-refractivity contribution >= 4 is 28.4 Å². The summed E-state index contributed by atoms with van der Waals surface area (Å²) in [4.78, 5) is 30.7. The first-order chi connectivity index (χ1) is 18.0. The summed E-state index contributed by atoms with van der Waals surface area (Å²) < 4.78 is 1.82. The molecule has 2 aliphatic rings. The number of aromatic nitrogens is 2. The number of likely N-dealkylation sites (N-methyl/N-ethyl adjacent to an activating group) is 1. The van der Waals surface area contributed by atoms with Gasteiger partial charge in [0.2, 0.25) is 5.91 Å². The highest BCUT2D eigenvalue weighted by molar-refractivity contribution is 5.89. The zero-order valence-corrected chi connectivity index (χ0v) is 21.9. The van der Waals surface area contributed by atoms with Crippen LogP contribution < -0.4 is 10.2 Å². The summed E-state index contributed by atoms with van der Waals surface area (Å²) >= 11 is 0. The maximum atomic E-state index is 13.4. The zero-order chi connectivity index (χ0) is 25.8. The van der Waals surface area contributed by atoms with E-state index < -0.39 is 0 Å². The lowest BCUT2D eigenvalue weighted by atomic mass is 10.1. The van der Waals surface area contributed by atoms with Crippen LogP contribution in [-0.4, -0.2) is 82.8 Å². The molecule has 1 aromatic heterocycles. The van der Waals surface area contributed by atoms with E-state index >= 15 is 0 Å². The molecule has 5 rings (SSSR count). The van der Waals surface area contributed by atoms with Gasteiger partial charge in [-0.1, -0.05) is 30.7 Å². The Bertz CT molecular complexity index is 1230. The minimum absolute atomic E-state index is 0.0554. The van der Waals surface area contributed by atoms with Gasteiger partial charge >= 0.3 is 0 Å². The highest BCUT2D eigenvalue weighted by atomic mass is 16.2. The van der Waals surface area contributed by atoms with Crippen LogP contribution in [0.25, 0.3) is 10.9 Å². The second-order valence-corrected chi connectivity index (χ2v) is 10.1. The molecule has 9 nitrogen and oxygen atoms in total. The number of fused-ring (bicyclic) bond motifs is 2. The van der Waals surface area contributed by atoms with Gasteiger partial charge in [-0.15, -0.1) is 0 Å². The number of piperidine rings is 1. The number of carbonyl (C=O) groups is 2. The lowest BCUT2D eigenvalue weighted by Gasteiger charge is -2.31. The van der Waals surface area contributed by atoms with Crippen molar-refractivity contribution in [3.8, 4) is 0 Å². The summed E-state index contributed by atoms with van der Waals surface area (Å²) in [7, 11) is 3.72. The van der Waals surface area contributed by atoms with Gasteiger partial charge in [-0.25, -0.2) is 5.01 Å². The molecule has 0 bridgehead atoms. The third kappa shape index (κ3) is 5.94. The van der Waals surface area contributed by atoms with Gasteiger partial charge in [-0.05, 0) is 55.3 Å². The molecule has 1 fully saturated rings. The van der Waals surface area contributed by atoms with Crippen molar-refractivity contribution in [3.05, 3.63) is 59.8 Å². The van der Waals surface area contributed by atoms with Gasteiger partial charge in [-0.3, -0.25) is 19.3 Å². The van der Waals surface area contributed by atoms with Crippen LogP contribution in [0.5, 0.6) is 0 Å². The van der Waals surface area contributed by atoms with E-state index in [1.807, 2.05) is 65.2 Å². The molecule has 2 aliphatic heterocycles. The average molecular weight is 504 g/mol. The first-order valence-electron chi connectivity index (χ1n) is 13.2. The van der Waals surface area contributed by atoms with Crippen molar-refractivity contribution in [2.75, 3.05) is 51.2 Å². The predicted molar refractivity (Wildman–Crippen MR) is 145 cm³/mol. The van der Waals surface area contributed by atoms with Gasteiger partial charge in [0.25, 0.3) is 5.91 Å². The fraction of sp³-hybridized carbons (Fsp3) is 0.464. The van der Waals surface area contributed by atoms with Crippen molar-refractivity contribution in [3.63, 3.8) is 0 Å². The van der Waals surface area contributed by atoms with E-state index in [0.717, 1.165) is 36.2 Å². The van der Waals surface area contributed by atoms with Gasteiger partial charge in [0.05, 0.1) is 24.8 Å². The van der Waals surface area contributed by atoms with Crippen molar-refractivity contribution in [1.82, 2.24) is 30.0 Å². The standard InChI is InChI=1S/C28H37N7O2/c1-31-26-11-10-25(16-24(26)17-30-31)34(20-27(36)29-12-15-33-13-6-3-7-14-33)21-28(37)32(2)35-18-22-8-4-5-9-23(22)19-35/h4-5,8-11,16-17H,3,6-7,12-15,18-21H2,1-2H3,(H,29,36). The average Bonchev–Trinajstić information content (AvgIpc) is 3.51. The summed E-state index contributed by atoms with van der Waals surface area (Å²) in [6.45, 7) is 5.33. The van der Waals surface area contributed by atoms with E-state index in [1.165, 1.54) is 30.4 Å². The minimum Gasteiger partial charge on any atom is -0.353 e. The molecular formula is C28H37N7O2. The molecular weight excluding hydrogens is 466 g/mol. The number of nitrogens with one attached hydrogen (secondary N) is 1. The summed E-state index contributed by atoms with van der Waals surface area (Å²) in [6.07, 6.45) is 5.57. The highest BCUT2D eigenvalue weighted by Gasteiger charge is 2.26. The Kier molecular flexibility index (Phi) is 7.71. The SMILES string of the molecule is CN(C(=O)CN(CC(=O)NCCN1CCCCC1)c1ccc2c(cnn2C)c1)N1Cc2ccccc2C1. The fourth-order valence-corrected chi connectivity index (χ4v) is 5.30. The molecule has 0 saturated carbocycles. The number of likely N-dealkylation sites (tertiary alicyclic amines) is 1. The van der Waals surface area contributed by atoms with E-state index in [-0.39, 0.29) is 24.9 Å². The largest absolute Gasteiger partial charge is 0.353 e. The third-order valence-electron chi connectivity index (χ3n) is 7.56. The first-order valence-corrected chi connectivity index (χ1v) is 13.2. The van der Waals surface area contributed by atoms with Crippen LogP contribution in [0.1, 0.15) is 30.4 Å². The molecule has 0 unspecified atom stereocenters. The van der Waals surface area contributed by atoms with Crippen LogP contribution in [0.15, 0.2) is 48.7 Å². The maximum absolute atomic E-state index is 13.4. The van der Waals surface area contributed by atoms with Crippen molar-refractivity contribution in [2.24, 2.45) is 7.05 Å². The monoisotopic (exact) mass is 503 g/mol. The maximum Gasteiger partial charge on any atom is 0.256 e. The minimum atomic E-state index is -0.0766. The van der Waals surface area contributed by atoms with Gasteiger partial charge in [0.1, 0.15) is 0 Å². The molecule has 3 heterocycles. The van der Waals surface area contributed by atoms with E-state index in [9.17, 15) is 9.59 Å². The van der Waals surface area contributed by atoms with Crippen LogP contribution in [0.3, 0.4) is 0 Å². The quantitative estimate of drug-likeness (QED) is 0.483. The smallest absolute Gasteiger partial charge is 0.256 e. The Labute approximate surface area is 218 Å². The normalized spacial score (nSPS) is 16.1. The highest BCUT2D eigenvalue weighted by Crippen LogP contribution is 2.25. The van der Waals surface area contributed by atoms with Crippen LogP contribution >= 0.6 is 0 Å². The van der Waals surface area contributed by atoms with Gasteiger partial charge in [0.15, 0.2) is 0 Å². The Morgan fingerprint density at radius 3 is 2.46 bits per heavy atom. The number of hydrazine groups is 1. The van der Waals surface area contributed by atoms with E-state index in [0.29, 0.717) is 19.6 Å². The molecule has 37 heavy (non-hydrogen) atoms. The Morgan fingerprint density at radius 1 is 1.00 bits per heavy atom. The van der Waals surface area contributed by atoms with E-state index in [4.69, 9.17) is 0 Å². The summed E-state index contributed by atoms with van der Waals surface area (Å²) in [6, 6.07) is 14.2. The second-order valence-electron chi connectivity index (χ2n) is 10.1. The number of rotatable bonds is 9. The van der Waals surface area contributed by atoms with Crippen molar-refractivity contribution < 1.29 is 9.59 Å². The van der Waals surface area contributed by atoms with Crippen molar-refractivity contribution in [1.29, 1.82) is 0 Å². The molecule has 196 valence electrons. The Hall–Kier alpha value is -3.43. The predicted octanol–water partition coefficient (Wildman–Crippen LogP) is 2.37. The van der Waals surface area contributed by atoms with Crippen LogP contribution in [-0.2, 0) is 29.7 Å². The number of aryl methyl sites for hydroxylation is 1. The lowest BCUT2D eigenvalue weighted by molar-refractivity contribution is -0.145. The van der Waals surface area contributed by atoms with Crippen molar-refractivity contribution in [2.45, 2.75) is 32.4 Å². The lowest BCUT2D eigenvalue weighted by Crippen LogP contribution is -2.48. The number of hydrogen-bond donors (Lipinski definition) is 1. The number of benzene rings is 2. The molecule has 0 atom stereocenters. The molecule has 0 radical (unpaired) electrons. The molecule has 2 aromatic carbocycles. The summed E-state index contributed by atoms with van der Waals surface area (Å²) in [5, 5.41) is 12.1. The van der Waals surface area contributed by atoms with Gasteiger partial charge in [-0.2, -0.15) is 5.10 Å². The summed E-state index contributed by atoms with van der Waals surface area (Å²) in [5.41, 5.74) is 4.33. The first kappa shape index (κ1) is 25.2. The second kappa shape index (κ2) is 11.3. The molecule has 0 aliphatic carbocycles. The number of hydrogen-bond acceptors (Lipinski definition) is 6. The van der Waals surface area contributed by atoms with Gasteiger partial charge < -0.3 is 15.1 Å².